The summed E-state index contributed by atoms with van der Waals surface area (Å²) in [7, 11) is 0. The summed E-state index contributed by atoms with van der Waals surface area (Å²) in [6.45, 7) is 7.83. The van der Waals surface area contributed by atoms with Gasteiger partial charge < -0.3 is 14.2 Å². The van der Waals surface area contributed by atoms with Gasteiger partial charge in [-0.3, -0.25) is 9.69 Å². The molecule has 0 aromatic carbocycles. The van der Waals surface area contributed by atoms with E-state index in [9.17, 15) is 4.79 Å². The fourth-order valence-corrected chi connectivity index (χ4v) is 4.22. The van der Waals surface area contributed by atoms with E-state index in [2.05, 4.69) is 19.7 Å². The van der Waals surface area contributed by atoms with Crippen LogP contribution in [0.4, 0.5) is 0 Å². The Bertz CT molecular complexity index is 588. The Morgan fingerprint density at radius 1 is 1.12 bits per heavy atom. The molecule has 0 N–H and O–H groups in total. The summed E-state index contributed by atoms with van der Waals surface area (Å²) in [5.74, 6) is 3.07. The summed E-state index contributed by atoms with van der Waals surface area (Å²) >= 11 is 0. The molecule has 7 nitrogen and oxygen atoms in total. The highest BCUT2D eigenvalue weighted by Gasteiger charge is 2.32. The molecule has 132 valence electrons. The van der Waals surface area contributed by atoms with E-state index in [0.717, 1.165) is 57.8 Å². The number of fused-ring (bicyclic) bond motifs is 1. The molecular weight excluding hydrogens is 306 g/mol. The SMILES string of the molecule is C[C@@H](C(=O)N1CCOCC1)N1CCC(c2nnc3n2CCC3)CC1. The maximum absolute atomic E-state index is 12.7. The first kappa shape index (κ1) is 16.0. The van der Waals surface area contributed by atoms with E-state index < -0.39 is 0 Å². The number of carbonyl (C=O) groups is 1. The van der Waals surface area contributed by atoms with E-state index >= 15 is 0 Å². The van der Waals surface area contributed by atoms with Crippen molar-refractivity contribution in [2.45, 2.75) is 51.1 Å². The van der Waals surface area contributed by atoms with Gasteiger partial charge in [-0.2, -0.15) is 0 Å². The molecule has 2 saturated heterocycles. The van der Waals surface area contributed by atoms with Crippen LogP contribution in [0.5, 0.6) is 0 Å². The first-order valence-corrected chi connectivity index (χ1v) is 9.26. The van der Waals surface area contributed by atoms with Gasteiger partial charge in [0.1, 0.15) is 11.6 Å². The highest BCUT2D eigenvalue weighted by molar-refractivity contribution is 5.81. The van der Waals surface area contributed by atoms with Gasteiger partial charge in [0.2, 0.25) is 5.91 Å². The number of amides is 1. The molecule has 4 rings (SSSR count). The number of morpholine rings is 1. The van der Waals surface area contributed by atoms with Crippen molar-refractivity contribution in [2.75, 3.05) is 39.4 Å². The highest BCUT2D eigenvalue weighted by atomic mass is 16.5. The van der Waals surface area contributed by atoms with Crippen molar-refractivity contribution in [2.24, 2.45) is 0 Å². The Morgan fingerprint density at radius 2 is 1.88 bits per heavy atom. The zero-order chi connectivity index (χ0) is 16.5. The lowest BCUT2D eigenvalue weighted by Crippen LogP contribution is -2.52. The number of aryl methyl sites for hydroxylation is 1. The first-order valence-electron chi connectivity index (χ1n) is 9.26. The number of rotatable bonds is 3. The lowest BCUT2D eigenvalue weighted by Gasteiger charge is -2.38. The van der Waals surface area contributed by atoms with Gasteiger partial charge in [0.15, 0.2) is 0 Å². The molecular formula is C17H27N5O2. The largest absolute Gasteiger partial charge is 0.378 e. The number of aromatic nitrogens is 3. The third-order valence-electron chi connectivity index (χ3n) is 5.76. The van der Waals surface area contributed by atoms with Gasteiger partial charge in [0.05, 0.1) is 19.3 Å². The van der Waals surface area contributed by atoms with Crippen LogP contribution in [0.3, 0.4) is 0 Å². The Hall–Kier alpha value is -1.47. The third-order valence-corrected chi connectivity index (χ3v) is 5.76. The fraction of sp³-hybridized carbons (Fsp3) is 0.824. The van der Waals surface area contributed by atoms with Gasteiger partial charge >= 0.3 is 0 Å². The highest BCUT2D eigenvalue weighted by Crippen LogP contribution is 2.30. The van der Waals surface area contributed by atoms with E-state index in [0.29, 0.717) is 19.1 Å². The molecule has 0 spiro atoms. The van der Waals surface area contributed by atoms with Crippen LogP contribution in [0.15, 0.2) is 0 Å². The number of nitrogens with zero attached hydrogens (tertiary/aromatic N) is 5. The van der Waals surface area contributed by atoms with E-state index in [1.807, 2.05) is 11.8 Å². The lowest BCUT2D eigenvalue weighted by atomic mass is 9.94. The molecule has 3 aliphatic rings. The average Bonchev–Trinajstić information content (AvgIpc) is 3.25. The Kier molecular flexibility index (Phi) is 4.54. The van der Waals surface area contributed by atoms with Gasteiger partial charge in [0, 0.05) is 32.0 Å². The summed E-state index contributed by atoms with van der Waals surface area (Å²) < 4.78 is 7.67. The molecule has 0 aliphatic carbocycles. The number of piperidine rings is 1. The molecule has 1 atom stereocenters. The summed E-state index contributed by atoms with van der Waals surface area (Å²) in [6, 6.07) is -0.0341. The molecule has 4 heterocycles. The van der Waals surface area contributed by atoms with Crippen molar-refractivity contribution in [1.82, 2.24) is 24.6 Å². The molecule has 1 aromatic heterocycles. The van der Waals surface area contributed by atoms with E-state index in [1.165, 1.54) is 12.2 Å². The van der Waals surface area contributed by atoms with Crippen LogP contribution in [-0.4, -0.2) is 75.9 Å². The molecule has 2 fully saturated rings. The predicted molar refractivity (Wildman–Crippen MR) is 88.8 cm³/mol. The van der Waals surface area contributed by atoms with Crippen LogP contribution in [-0.2, 0) is 22.5 Å². The minimum Gasteiger partial charge on any atom is -0.378 e. The van der Waals surface area contributed by atoms with Crippen LogP contribution >= 0.6 is 0 Å². The summed E-state index contributed by atoms with van der Waals surface area (Å²) in [6.07, 6.45) is 4.40. The van der Waals surface area contributed by atoms with Gasteiger partial charge in [-0.15, -0.1) is 10.2 Å². The number of hydrogen-bond acceptors (Lipinski definition) is 5. The van der Waals surface area contributed by atoms with Crippen LogP contribution in [0.1, 0.15) is 43.8 Å². The van der Waals surface area contributed by atoms with E-state index in [-0.39, 0.29) is 11.9 Å². The number of hydrogen-bond donors (Lipinski definition) is 0. The van der Waals surface area contributed by atoms with Gasteiger partial charge in [-0.25, -0.2) is 0 Å². The second-order valence-corrected chi connectivity index (χ2v) is 7.15. The first-order chi connectivity index (χ1) is 11.7. The number of likely N-dealkylation sites (tertiary alicyclic amines) is 1. The van der Waals surface area contributed by atoms with Gasteiger partial charge in [0.25, 0.3) is 0 Å². The molecule has 1 aromatic rings. The second-order valence-electron chi connectivity index (χ2n) is 7.15. The second kappa shape index (κ2) is 6.80. The molecule has 0 saturated carbocycles. The maximum atomic E-state index is 12.7. The van der Waals surface area contributed by atoms with Crippen LogP contribution in [0, 0.1) is 0 Å². The molecule has 24 heavy (non-hydrogen) atoms. The van der Waals surface area contributed by atoms with Crippen molar-refractivity contribution in [1.29, 1.82) is 0 Å². The van der Waals surface area contributed by atoms with Crippen LogP contribution < -0.4 is 0 Å². The Morgan fingerprint density at radius 3 is 2.62 bits per heavy atom. The summed E-state index contributed by atoms with van der Waals surface area (Å²) in [5.41, 5.74) is 0. The molecule has 0 bridgehead atoms. The minimum atomic E-state index is -0.0341. The molecule has 0 radical (unpaired) electrons. The fourth-order valence-electron chi connectivity index (χ4n) is 4.22. The van der Waals surface area contributed by atoms with Crippen molar-refractivity contribution in [3.63, 3.8) is 0 Å². The Balaban J connectivity index is 1.34. The molecule has 0 unspecified atom stereocenters. The van der Waals surface area contributed by atoms with Crippen molar-refractivity contribution >= 4 is 5.91 Å². The van der Waals surface area contributed by atoms with Gasteiger partial charge in [-0.1, -0.05) is 0 Å². The standard InChI is InChI=1S/C17H27N5O2/c1-13(17(23)21-9-11-24-12-10-21)20-7-4-14(5-8-20)16-19-18-15-3-2-6-22(15)16/h13-14H,2-12H2,1H3/t13-/m0/s1. The summed E-state index contributed by atoms with van der Waals surface area (Å²) in [5, 5.41) is 8.79. The maximum Gasteiger partial charge on any atom is 0.239 e. The topological polar surface area (TPSA) is 63.5 Å². The van der Waals surface area contributed by atoms with Crippen molar-refractivity contribution in [3.05, 3.63) is 11.6 Å². The van der Waals surface area contributed by atoms with Crippen molar-refractivity contribution < 1.29 is 9.53 Å². The van der Waals surface area contributed by atoms with Crippen molar-refractivity contribution in [3.8, 4) is 0 Å². The Labute approximate surface area is 143 Å². The monoisotopic (exact) mass is 333 g/mol. The number of carbonyl (C=O) groups excluding carboxylic acids is 1. The molecule has 7 heteroatoms. The lowest BCUT2D eigenvalue weighted by molar-refractivity contribution is -0.141. The number of ether oxygens (including phenoxy) is 1. The normalized spacial score (nSPS) is 24.1. The summed E-state index contributed by atoms with van der Waals surface area (Å²) in [4.78, 5) is 16.9. The van der Waals surface area contributed by atoms with Crippen LogP contribution in [0.2, 0.25) is 0 Å². The van der Waals surface area contributed by atoms with E-state index in [1.54, 1.807) is 0 Å². The third kappa shape index (κ3) is 2.95. The van der Waals surface area contributed by atoms with Gasteiger partial charge in [-0.05, 0) is 39.3 Å². The zero-order valence-electron chi connectivity index (χ0n) is 14.5. The quantitative estimate of drug-likeness (QED) is 0.813. The molecule has 3 aliphatic heterocycles. The average molecular weight is 333 g/mol. The minimum absolute atomic E-state index is 0.0341. The van der Waals surface area contributed by atoms with E-state index in [4.69, 9.17) is 4.74 Å². The predicted octanol–water partition coefficient (Wildman–Crippen LogP) is 0.651. The molecule has 1 amide bonds. The van der Waals surface area contributed by atoms with Crippen LogP contribution in [0.25, 0.3) is 0 Å². The zero-order valence-corrected chi connectivity index (χ0v) is 14.5. The smallest absolute Gasteiger partial charge is 0.239 e.